The molecule has 6 nitrogen and oxygen atoms in total. The van der Waals surface area contributed by atoms with Crippen molar-refractivity contribution < 1.29 is 14.3 Å². The first-order chi connectivity index (χ1) is 13.1. The fourth-order valence-corrected chi connectivity index (χ4v) is 4.24. The summed E-state index contributed by atoms with van der Waals surface area (Å²) < 4.78 is 11.9. The molecule has 1 spiro atoms. The molecule has 6 heteroatoms. The SMILES string of the molecule is Cc1n[nH]c(C)c1CCC(=O)NC1CC2(CCOCC2)Oc2ccccc21. The summed E-state index contributed by atoms with van der Waals surface area (Å²) >= 11 is 0. The van der Waals surface area contributed by atoms with E-state index in [0.717, 1.165) is 47.5 Å². The molecule has 1 unspecified atom stereocenters. The van der Waals surface area contributed by atoms with E-state index in [9.17, 15) is 4.79 Å². The largest absolute Gasteiger partial charge is 0.487 e. The van der Waals surface area contributed by atoms with Crippen molar-refractivity contribution in [3.63, 3.8) is 0 Å². The molecule has 1 aromatic carbocycles. The minimum absolute atomic E-state index is 0.0212. The van der Waals surface area contributed by atoms with E-state index in [2.05, 4.69) is 21.6 Å². The first kappa shape index (κ1) is 18.0. The maximum Gasteiger partial charge on any atom is 0.220 e. The van der Waals surface area contributed by atoms with Crippen LogP contribution < -0.4 is 10.1 Å². The molecule has 4 rings (SSSR count). The van der Waals surface area contributed by atoms with Crippen LogP contribution in [0, 0.1) is 13.8 Å². The summed E-state index contributed by atoms with van der Waals surface area (Å²) in [7, 11) is 0. The van der Waals surface area contributed by atoms with Crippen molar-refractivity contribution >= 4 is 5.91 Å². The monoisotopic (exact) mass is 369 g/mol. The lowest BCUT2D eigenvalue weighted by Crippen LogP contribution is -2.48. The molecule has 2 aliphatic rings. The molecule has 2 aliphatic heterocycles. The maximum atomic E-state index is 12.7. The summed E-state index contributed by atoms with van der Waals surface area (Å²) in [6, 6.07) is 8.02. The van der Waals surface area contributed by atoms with Gasteiger partial charge in [-0.1, -0.05) is 18.2 Å². The van der Waals surface area contributed by atoms with E-state index in [1.54, 1.807) is 0 Å². The van der Waals surface area contributed by atoms with Gasteiger partial charge < -0.3 is 14.8 Å². The van der Waals surface area contributed by atoms with Gasteiger partial charge in [-0.15, -0.1) is 0 Å². The Balaban J connectivity index is 1.47. The van der Waals surface area contributed by atoms with Gasteiger partial charge in [-0.05, 0) is 31.9 Å². The number of hydrogen-bond acceptors (Lipinski definition) is 4. The van der Waals surface area contributed by atoms with E-state index in [1.165, 1.54) is 0 Å². The first-order valence-corrected chi connectivity index (χ1v) is 9.72. The molecule has 2 N–H and O–H groups in total. The van der Waals surface area contributed by atoms with Gasteiger partial charge in [0.2, 0.25) is 5.91 Å². The zero-order valence-electron chi connectivity index (χ0n) is 16.0. The summed E-state index contributed by atoms with van der Waals surface area (Å²) in [5, 5.41) is 10.5. The first-order valence-electron chi connectivity index (χ1n) is 9.72. The van der Waals surface area contributed by atoms with Crippen LogP contribution in [0.5, 0.6) is 5.75 Å². The molecule has 0 aliphatic carbocycles. The second-order valence-corrected chi connectivity index (χ2v) is 7.67. The van der Waals surface area contributed by atoms with E-state index >= 15 is 0 Å². The number of rotatable bonds is 4. The third-order valence-electron chi connectivity index (χ3n) is 5.82. The number of H-pyrrole nitrogens is 1. The van der Waals surface area contributed by atoms with E-state index < -0.39 is 0 Å². The number of aryl methyl sites for hydroxylation is 2. The number of amides is 1. The molecule has 1 atom stereocenters. The van der Waals surface area contributed by atoms with Crippen molar-refractivity contribution in [2.75, 3.05) is 13.2 Å². The second-order valence-electron chi connectivity index (χ2n) is 7.67. The van der Waals surface area contributed by atoms with Crippen LogP contribution in [0.25, 0.3) is 0 Å². The van der Waals surface area contributed by atoms with Gasteiger partial charge in [-0.3, -0.25) is 9.89 Å². The number of ether oxygens (including phenoxy) is 2. The van der Waals surface area contributed by atoms with Crippen molar-refractivity contribution in [1.82, 2.24) is 15.5 Å². The second kappa shape index (κ2) is 7.35. The third-order valence-corrected chi connectivity index (χ3v) is 5.82. The molecule has 0 saturated carbocycles. The highest BCUT2D eigenvalue weighted by molar-refractivity contribution is 5.77. The van der Waals surface area contributed by atoms with Crippen LogP contribution in [0.4, 0.5) is 0 Å². The minimum Gasteiger partial charge on any atom is -0.487 e. The number of nitrogens with one attached hydrogen (secondary N) is 2. The lowest BCUT2D eigenvalue weighted by molar-refractivity contribution is -0.123. The average Bonchev–Trinajstić information content (AvgIpc) is 2.98. The van der Waals surface area contributed by atoms with Crippen LogP contribution in [0.1, 0.15) is 54.2 Å². The molecule has 0 bridgehead atoms. The van der Waals surface area contributed by atoms with Gasteiger partial charge in [0.1, 0.15) is 11.4 Å². The highest BCUT2D eigenvalue weighted by Gasteiger charge is 2.42. The molecule has 3 heterocycles. The Morgan fingerprint density at radius 3 is 2.81 bits per heavy atom. The number of fused-ring (bicyclic) bond motifs is 1. The molecule has 27 heavy (non-hydrogen) atoms. The number of aromatic amines is 1. The van der Waals surface area contributed by atoms with Crippen LogP contribution in [-0.2, 0) is 16.0 Å². The van der Waals surface area contributed by atoms with Gasteiger partial charge in [-0.2, -0.15) is 5.10 Å². The molecular weight excluding hydrogens is 342 g/mol. The van der Waals surface area contributed by atoms with Crippen molar-refractivity contribution in [2.24, 2.45) is 0 Å². The number of hydrogen-bond donors (Lipinski definition) is 2. The predicted molar refractivity (Wildman–Crippen MR) is 102 cm³/mol. The van der Waals surface area contributed by atoms with Crippen molar-refractivity contribution in [2.45, 2.75) is 57.6 Å². The zero-order chi connectivity index (χ0) is 18.9. The predicted octanol–water partition coefficient (Wildman–Crippen LogP) is 3.15. The standard InChI is InChI=1S/C21H27N3O3/c1-14-16(15(2)24-23-14)7-8-20(25)22-18-13-21(9-11-26-12-10-21)27-19-6-4-3-5-17(18)19/h3-6,18H,7-13H2,1-2H3,(H,22,25)(H,23,24). The summed E-state index contributed by atoms with van der Waals surface area (Å²) in [6.45, 7) is 5.39. The fourth-order valence-electron chi connectivity index (χ4n) is 4.24. The topological polar surface area (TPSA) is 76.2 Å². The molecular formula is C21H27N3O3. The Bertz CT molecular complexity index is 804. The number of aromatic nitrogens is 2. The van der Waals surface area contributed by atoms with Crippen molar-refractivity contribution in [3.8, 4) is 5.75 Å². The normalized spacial score (nSPS) is 20.7. The van der Waals surface area contributed by atoms with Gasteiger partial charge in [0.25, 0.3) is 0 Å². The molecule has 1 aromatic heterocycles. The van der Waals surface area contributed by atoms with E-state index in [1.807, 2.05) is 32.0 Å². The molecule has 1 fully saturated rings. The Morgan fingerprint density at radius 1 is 1.30 bits per heavy atom. The molecule has 2 aromatic rings. The van der Waals surface area contributed by atoms with Crippen LogP contribution in [0.15, 0.2) is 24.3 Å². The van der Waals surface area contributed by atoms with Gasteiger partial charge in [0.15, 0.2) is 0 Å². The average molecular weight is 369 g/mol. The Morgan fingerprint density at radius 2 is 2.07 bits per heavy atom. The lowest BCUT2D eigenvalue weighted by Gasteiger charge is -2.44. The van der Waals surface area contributed by atoms with Crippen LogP contribution in [-0.4, -0.2) is 34.9 Å². The quantitative estimate of drug-likeness (QED) is 0.868. The highest BCUT2D eigenvalue weighted by atomic mass is 16.5. The van der Waals surface area contributed by atoms with Gasteiger partial charge >= 0.3 is 0 Å². The number of benzene rings is 1. The third kappa shape index (κ3) is 3.72. The van der Waals surface area contributed by atoms with Crippen molar-refractivity contribution in [1.29, 1.82) is 0 Å². The molecule has 0 radical (unpaired) electrons. The summed E-state index contributed by atoms with van der Waals surface area (Å²) in [5.41, 5.74) is 3.98. The van der Waals surface area contributed by atoms with E-state index in [0.29, 0.717) is 26.1 Å². The Kier molecular flexibility index (Phi) is 4.91. The number of para-hydroxylation sites is 1. The van der Waals surface area contributed by atoms with Gasteiger partial charge in [0.05, 0.1) is 24.9 Å². The van der Waals surface area contributed by atoms with Crippen molar-refractivity contribution in [3.05, 3.63) is 46.8 Å². The minimum atomic E-state index is -0.234. The number of nitrogens with zero attached hydrogens (tertiary/aromatic N) is 1. The van der Waals surface area contributed by atoms with Crippen LogP contribution in [0.2, 0.25) is 0 Å². The highest BCUT2D eigenvalue weighted by Crippen LogP contribution is 2.43. The van der Waals surface area contributed by atoms with Crippen LogP contribution in [0.3, 0.4) is 0 Å². The fraction of sp³-hybridized carbons (Fsp3) is 0.524. The summed E-state index contributed by atoms with van der Waals surface area (Å²) in [4.78, 5) is 12.7. The van der Waals surface area contributed by atoms with Gasteiger partial charge in [-0.25, -0.2) is 0 Å². The molecule has 1 saturated heterocycles. The maximum absolute atomic E-state index is 12.7. The summed E-state index contributed by atoms with van der Waals surface area (Å²) in [6.07, 6.45) is 3.67. The number of carbonyl (C=O) groups is 1. The Hall–Kier alpha value is -2.34. The summed E-state index contributed by atoms with van der Waals surface area (Å²) in [5.74, 6) is 0.955. The molecule has 144 valence electrons. The lowest BCUT2D eigenvalue weighted by atomic mass is 9.82. The van der Waals surface area contributed by atoms with E-state index in [-0.39, 0.29) is 17.6 Å². The number of carbonyl (C=O) groups excluding carboxylic acids is 1. The smallest absolute Gasteiger partial charge is 0.220 e. The van der Waals surface area contributed by atoms with Crippen LogP contribution >= 0.6 is 0 Å². The zero-order valence-corrected chi connectivity index (χ0v) is 16.0. The van der Waals surface area contributed by atoms with Gasteiger partial charge in [0, 0.05) is 36.9 Å². The molecule has 1 amide bonds. The Labute approximate surface area is 159 Å². The van der Waals surface area contributed by atoms with E-state index in [4.69, 9.17) is 9.47 Å².